The average molecular weight is 215 g/mol. The van der Waals surface area contributed by atoms with E-state index in [9.17, 15) is 5.11 Å². The van der Waals surface area contributed by atoms with E-state index in [1.807, 2.05) is 6.92 Å². The van der Waals surface area contributed by atoms with Gasteiger partial charge in [-0.3, -0.25) is 0 Å². The Morgan fingerprint density at radius 2 is 1.87 bits per heavy atom. The summed E-state index contributed by atoms with van der Waals surface area (Å²) < 4.78 is 0. The first-order valence-corrected chi connectivity index (χ1v) is 6.51. The predicted molar refractivity (Wildman–Crippen MR) is 67.1 cm³/mol. The zero-order chi connectivity index (χ0) is 11.7. The number of nitrogens with one attached hydrogen (secondary N) is 1. The maximum Gasteiger partial charge on any atom is 0.0515 e. The van der Waals surface area contributed by atoms with Crippen molar-refractivity contribution in [3.63, 3.8) is 0 Å². The van der Waals surface area contributed by atoms with Crippen LogP contribution in [0, 0.1) is 5.92 Å². The first kappa shape index (κ1) is 14.9. The molecule has 2 nitrogen and oxygen atoms in total. The molecule has 0 saturated heterocycles. The van der Waals surface area contributed by atoms with Gasteiger partial charge in [0.2, 0.25) is 0 Å². The lowest BCUT2D eigenvalue weighted by Crippen LogP contribution is -2.33. The SMILES string of the molecule is CCCCC(CC)NCC(C)CC(C)O. The molecule has 92 valence electrons. The third-order valence-corrected chi connectivity index (χ3v) is 2.90. The van der Waals surface area contributed by atoms with E-state index in [1.54, 1.807) is 0 Å². The molecule has 0 aromatic rings. The van der Waals surface area contributed by atoms with Gasteiger partial charge in [-0.1, -0.05) is 33.6 Å². The van der Waals surface area contributed by atoms with Crippen LogP contribution in [-0.4, -0.2) is 23.8 Å². The number of aliphatic hydroxyl groups excluding tert-OH is 1. The molecule has 0 saturated carbocycles. The molecule has 3 unspecified atom stereocenters. The Hall–Kier alpha value is -0.0800. The fourth-order valence-electron chi connectivity index (χ4n) is 1.93. The Morgan fingerprint density at radius 3 is 2.33 bits per heavy atom. The zero-order valence-corrected chi connectivity index (χ0v) is 10.9. The molecule has 0 radical (unpaired) electrons. The zero-order valence-electron chi connectivity index (χ0n) is 10.9. The molecule has 0 aliphatic rings. The Morgan fingerprint density at radius 1 is 1.20 bits per heavy atom. The van der Waals surface area contributed by atoms with Crippen molar-refractivity contribution < 1.29 is 5.11 Å². The van der Waals surface area contributed by atoms with E-state index in [1.165, 1.54) is 25.7 Å². The molecule has 0 bridgehead atoms. The van der Waals surface area contributed by atoms with Gasteiger partial charge in [-0.25, -0.2) is 0 Å². The van der Waals surface area contributed by atoms with Gasteiger partial charge in [0.15, 0.2) is 0 Å². The van der Waals surface area contributed by atoms with Crippen LogP contribution in [0.1, 0.15) is 59.8 Å². The molecule has 0 rings (SSSR count). The van der Waals surface area contributed by atoms with E-state index < -0.39 is 0 Å². The van der Waals surface area contributed by atoms with Crippen LogP contribution >= 0.6 is 0 Å². The average Bonchev–Trinajstić information content (AvgIpc) is 2.17. The molecule has 0 aliphatic carbocycles. The highest BCUT2D eigenvalue weighted by Gasteiger charge is 2.09. The molecule has 0 aliphatic heterocycles. The number of rotatable bonds is 9. The van der Waals surface area contributed by atoms with E-state index in [0.717, 1.165) is 13.0 Å². The van der Waals surface area contributed by atoms with Gasteiger partial charge < -0.3 is 10.4 Å². The second-order valence-electron chi connectivity index (χ2n) is 4.85. The molecule has 3 atom stereocenters. The van der Waals surface area contributed by atoms with Crippen molar-refractivity contribution in [2.75, 3.05) is 6.54 Å². The van der Waals surface area contributed by atoms with E-state index >= 15 is 0 Å². The summed E-state index contributed by atoms with van der Waals surface area (Å²) in [5.74, 6) is 0.570. The Bertz CT molecular complexity index is 136. The van der Waals surface area contributed by atoms with Crippen molar-refractivity contribution in [1.29, 1.82) is 0 Å². The molecule has 0 aromatic heterocycles. The minimum atomic E-state index is -0.169. The second kappa shape index (κ2) is 9.17. The van der Waals surface area contributed by atoms with Crippen LogP contribution in [0.2, 0.25) is 0 Å². The van der Waals surface area contributed by atoms with Crippen molar-refractivity contribution in [3.05, 3.63) is 0 Å². The van der Waals surface area contributed by atoms with E-state index in [4.69, 9.17) is 0 Å². The number of hydrogen-bond acceptors (Lipinski definition) is 2. The van der Waals surface area contributed by atoms with E-state index in [0.29, 0.717) is 12.0 Å². The van der Waals surface area contributed by atoms with Gasteiger partial charge in [0, 0.05) is 6.04 Å². The summed E-state index contributed by atoms with van der Waals surface area (Å²) in [7, 11) is 0. The molecule has 0 aromatic carbocycles. The summed E-state index contributed by atoms with van der Waals surface area (Å²) in [6, 6.07) is 0.668. The highest BCUT2D eigenvalue weighted by molar-refractivity contribution is 4.68. The molecule has 2 N–H and O–H groups in total. The summed E-state index contributed by atoms with van der Waals surface area (Å²) in [6.07, 6.45) is 5.82. The molecular formula is C13H29NO. The minimum Gasteiger partial charge on any atom is -0.393 e. The third-order valence-electron chi connectivity index (χ3n) is 2.90. The van der Waals surface area contributed by atoms with Gasteiger partial charge in [0.05, 0.1) is 6.10 Å². The Kier molecular flexibility index (Phi) is 9.12. The molecule has 0 amide bonds. The fraction of sp³-hybridized carbons (Fsp3) is 1.00. The lowest BCUT2D eigenvalue weighted by molar-refractivity contribution is 0.162. The van der Waals surface area contributed by atoms with Crippen LogP contribution in [0.4, 0.5) is 0 Å². The summed E-state index contributed by atoms with van der Waals surface area (Å²) in [4.78, 5) is 0. The molecule has 0 spiro atoms. The van der Waals surface area contributed by atoms with Crippen molar-refractivity contribution in [2.45, 2.75) is 71.9 Å². The number of unbranched alkanes of at least 4 members (excludes halogenated alkanes) is 1. The van der Waals surface area contributed by atoms with Gasteiger partial charge in [0.25, 0.3) is 0 Å². The monoisotopic (exact) mass is 215 g/mol. The van der Waals surface area contributed by atoms with Crippen LogP contribution in [-0.2, 0) is 0 Å². The standard InChI is InChI=1S/C13H29NO/c1-5-7-8-13(6-2)14-10-11(3)9-12(4)15/h11-15H,5-10H2,1-4H3. The first-order valence-electron chi connectivity index (χ1n) is 6.51. The number of hydrogen-bond donors (Lipinski definition) is 2. The van der Waals surface area contributed by atoms with Crippen molar-refractivity contribution in [1.82, 2.24) is 5.32 Å². The van der Waals surface area contributed by atoms with Crippen LogP contribution in [0.3, 0.4) is 0 Å². The van der Waals surface area contributed by atoms with Gasteiger partial charge >= 0.3 is 0 Å². The molecule has 0 fully saturated rings. The molecular weight excluding hydrogens is 186 g/mol. The highest BCUT2D eigenvalue weighted by Crippen LogP contribution is 2.08. The van der Waals surface area contributed by atoms with Gasteiger partial charge in [-0.2, -0.15) is 0 Å². The normalized spacial score (nSPS) is 17.4. The largest absolute Gasteiger partial charge is 0.393 e. The maximum absolute atomic E-state index is 9.26. The van der Waals surface area contributed by atoms with Gasteiger partial charge in [-0.15, -0.1) is 0 Å². The number of aliphatic hydroxyl groups is 1. The maximum atomic E-state index is 9.26. The van der Waals surface area contributed by atoms with Crippen molar-refractivity contribution >= 4 is 0 Å². The quantitative estimate of drug-likeness (QED) is 0.620. The van der Waals surface area contributed by atoms with Crippen molar-refractivity contribution in [2.24, 2.45) is 5.92 Å². The fourth-order valence-corrected chi connectivity index (χ4v) is 1.93. The lowest BCUT2D eigenvalue weighted by atomic mass is 10.0. The highest BCUT2D eigenvalue weighted by atomic mass is 16.3. The molecule has 2 heteroatoms. The molecule has 0 heterocycles. The predicted octanol–water partition coefficient (Wildman–Crippen LogP) is 2.95. The van der Waals surface area contributed by atoms with Crippen LogP contribution in [0.5, 0.6) is 0 Å². The lowest BCUT2D eigenvalue weighted by Gasteiger charge is -2.20. The van der Waals surface area contributed by atoms with Crippen LogP contribution in [0.15, 0.2) is 0 Å². The molecule has 15 heavy (non-hydrogen) atoms. The third kappa shape index (κ3) is 8.88. The smallest absolute Gasteiger partial charge is 0.0515 e. The summed E-state index contributed by atoms with van der Waals surface area (Å²) in [6.45, 7) is 9.58. The van der Waals surface area contributed by atoms with E-state index in [2.05, 4.69) is 26.1 Å². The summed E-state index contributed by atoms with van der Waals surface area (Å²) in [5, 5.41) is 12.9. The van der Waals surface area contributed by atoms with Gasteiger partial charge in [0.1, 0.15) is 0 Å². The minimum absolute atomic E-state index is 0.169. The Labute approximate surface area is 95.5 Å². The van der Waals surface area contributed by atoms with Crippen molar-refractivity contribution in [3.8, 4) is 0 Å². The Balaban J connectivity index is 3.60. The summed E-state index contributed by atoms with van der Waals surface area (Å²) >= 11 is 0. The first-order chi connectivity index (χ1) is 7.10. The van der Waals surface area contributed by atoms with Crippen LogP contribution in [0.25, 0.3) is 0 Å². The van der Waals surface area contributed by atoms with Crippen LogP contribution < -0.4 is 5.32 Å². The van der Waals surface area contributed by atoms with Gasteiger partial charge in [-0.05, 0) is 38.6 Å². The second-order valence-corrected chi connectivity index (χ2v) is 4.85. The topological polar surface area (TPSA) is 32.3 Å². The van der Waals surface area contributed by atoms with E-state index in [-0.39, 0.29) is 6.10 Å². The summed E-state index contributed by atoms with van der Waals surface area (Å²) in [5.41, 5.74) is 0.